The second-order valence-electron chi connectivity index (χ2n) is 6.77. The Morgan fingerprint density at radius 2 is 1.96 bits per heavy atom. The van der Waals surface area contributed by atoms with E-state index in [-0.39, 0.29) is 23.9 Å². The molecule has 1 unspecified atom stereocenters. The third-order valence-electron chi connectivity index (χ3n) is 4.23. The summed E-state index contributed by atoms with van der Waals surface area (Å²) in [5, 5.41) is 9.53. The molecule has 140 valence electrons. The molecule has 1 aromatic heterocycles. The van der Waals surface area contributed by atoms with Crippen LogP contribution in [0.1, 0.15) is 33.0 Å². The van der Waals surface area contributed by atoms with Gasteiger partial charge in [-0.1, -0.05) is 12.1 Å². The number of carbonyl (C=O) groups excluding carboxylic acids is 2. The molecular weight excluding hydrogens is 322 g/mol. The van der Waals surface area contributed by atoms with Crippen LogP contribution in [0, 0.1) is 6.92 Å². The van der Waals surface area contributed by atoms with E-state index < -0.39 is 0 Å². The predicted molar refractivity (Wildman–Crippen MR) is 95.2 cm³/mol. The second-order valence-corrected chi connectivity index (χ2v) is 6.77. The van der Waals surface area contributed by atoms with Crippen molar-refractivity contribution in [3.05, 3.63) is 11.8 Å². The van der Waals surface area contributed by atoms with Gasteiger partial charge in [0.05, 0.1) is 12.6 Å². The van der Waals surface area contributed by atoms with E-state index in [1.165, 1.54) is 0 Å². The zero-order valence-corrected chi connectivity index (χ0v) is 15.5. The number of piperazine rings is 1. The summed E-state index contributed by atoms with van der Waals surface area (Å²) in [5.41, 5.74) is 0. The predicted octanol–water partition coefficient (Wildman–Crippen LogP) is 0.842. The molecule has 0 saturated carbocycles. The number of nitrogens with one attached hydrogen (secondary N) is 2. The van der Waals surface area contributed by atoms with Crippen LogP contribution in [0.25, 0.3) is 0 Å². The summed E-state index contributed by atoms with van der Waals surface area (Å²) in [6.07, 6.45) is 0.719. The Morgan fingerprint density at radius 3 is 2.48 bits per heavy atom. The molecule has 8 heteroatoms. The number of nitrogens with zero attached hydrogens (tertiary/aromatic N) is 3. The van der Waals surface area contributed by atoms with Gasteiger partial charge in [-0.25, -0.2) is 0 Å². The van der Waals surface area contributed by atoms with Gasteiger partial charge in [0.1, 0.15) is 5.76 Å². The molecule has 0 aliphatic carbocycles. The van der Waals surface area contributed by atoms with Crippen molar-refractivity contribution in [3.63, 3.8) is 0 Å². The van der Waals surface area contributed by atoms with E-state index in [1.54, 1.807) is 13.0 Å². The van der Waals surface area contributed by atoms with Gasteiger partial charge in [0.2, 0.25) is 11.8 Å². The maximum Gasteiger partial charge on any atom is 0.242 e. The third kappa shape index (κ3) is 5.82. The lowest BCUT2D eigenvalue weighted by Gasteiger charge is -2.38. The first kappa shape index (κ1) is 19.4. The number of hydrogen-bond acceptors (Lipinski definition) is 6. The highest BCUT2D eigenvalue weighted by Crippen LogP contribution is 2.13. The molecule has 2 rings (SSSR count). The van der Waals surface area contributed by atoms with Crippen molar-refractivity contribution < 1.29 is 14.1 Å². The normalized spacial score (nSPS) is 17.5. The van der Waals surface area contributed by atoms with Gasteiger partial charge in [-0.15, -0.1) is 0 Å². The van der Waals surface area contributed by atoms with E-state index in [0.717, 1.165) is 32.6 Å². The summed E-state index contributed by atoms with van der Waals surface area (Å²) >= 11 is 0. The quantitative estimate of drug-likeness (QED) is 0.757. The topological polar surface area (TPSA) is 90.7 Å². The van der Waals surface area contributed by atoms with Crippen LogP contribution in [0.3, 0.4) is 0 Å². The maximum atomic E-state index is 12.5. The molecule has 0 spiro atoms. The van der Waals surface area contributed by atoms with Crippen LogP contribution in [-0.2, 0) is 9.59 Å². The summed E-state index contributed by atoms with van der Waals surface area (Å²) in [6.45, 7) is 11.2. The Labute approximate surface area is 148 Å². The Balaban J connectivity index is 1.82. The van der Waals surface area contributed by atoms with Gasteiger partial charge in [0.25, 0.3) is 0 Å². The fraction of sp³-hybridized carbons (Fsp3) is 0.706. The minimum absolute atomic E-state index is 0.0506. The van der Waals surface area contributed by atoms with Gasteiger partial charge in [0, 0.05) is 38.3 Å². The van der Waals surface area contributed by atoms with Gasteiger partial charge >= 0.3 is 0 Å². The van der Waals surface area contributed by atoms with Crippen LogP contribution in [0.2, 0.25) is 0 Å². The third-order valence-corrected chi connectivity index (χ3v) is 4.23. The molecule has 1 aliphatic rings. The average Bonchev–Trinajstić information content (AvgIpc) is 2.94. The highest BCUT2D eigenvalue weighted by molar-refractivity contribution is 5.94. The molecule has 1 saturated heterocycles. The summed E-state index contributed by atoms with van der Waals surface area (Å²) in [6, 6.07) is 1.65. The smallest absolute Gasteiger partial charge is 0.242 e. The molecule has 1 aliphatic heterocycles. The second kappa shape index (κ2) is 8.96. The van der Waals surface area contributed by atoms with Crippen molar-refractivity contribution in [2.75, 3.05) is 38.0 Å². The summed E-state index contributed by atoms with van der Waals surface area (Å²) in [7, 11) is 0. The number of rotatable bonds is 7. The lowest BCUT2D eigenvalue weighted by Crippen LogP contribution is -2.55. The summed E-state index contributed by atoms with van der Waals surface area (Å²) in [5.74, 6) is 1.10. The minimum Gasteiger partial charge on any atom is -0.360 e. The summed E-state index contributed by atoms with van der Waals surface area (Å²) < 4.78 is 4.98. The zero-order chi connectivity index (χ0) is 18.4. The maximum absolute atomic E-state index is 12.5. The van der Waals surface area contributed by atoms with E-state index in [9.17, 15) is 9.59 Å². The van der Waals surface area contributed by atoms with Crippen molar-refractivity contribution >= 4 is 17.6 Å². The van der Waals surface area contributed by atoms with Crippen LogP contribution < -0.4 is 10.6 Å². The number of hydrogen-bond donors (Lipinski definition) is 2. The van der Waals surface area contributed by atoms with E-state index in [2.05, 4.69) is 25.6 Å². The monoisotopic (exact) mass is 351 g/mol. The molecule has 1 fully saturated rings. The SMILES string of the molecule is CCC(C(=O)Nc1cc(C)on1)N1CCN(CC(=O)NC(C)C)CC1. The fourth-order valence-electron chi connectivity index (χ4n) is 3.05. The lowest BCUT2D eigenvalue weighted by atomic mass is 10.1. The number of anilines is 1. The van der Waals surface area contributed by atoms with Gasteiger partial charge in [-0.3, -0.25) is 19.4 Å². The summed E-state index contributed by atoms with van der Waals surface area (Å²) in [4.78, 5) is 28.7. The zero-order valence-electron chi connectivity index (χ0n) is 15.5. The van der Waals surface area contributed by atoms with Gasteiger partial charge in [-0.05, 0) is 27.2 Å². The number of carbonyl (C=O) groups is 2. The highest BCUT2D eigenvalue weighted by Gasteiger charge is 2.28. The highest BCUT2D eigenvalue weighted by atomic mass is 16.5. The Hall–Kier alpha value is -1.93. The molecule has 25 heavy (non-hydrogen) atoms. The lowest BCUT2D eigenvalue weighted by molar-refractivity contribution is -0.125. The Bertz CT molecular complexity index is 579. The molecule has 2 amide bonds. The molecule has 0 radical (unpaired) electrons. The van der Waals surface area contributed by atoms with Gasteiger partial charge < -0.3 is 15.2 Å². The average molecular weight is 351 g/mol. The van der Waals surface area contributed by atoms with E-state index in [1.807, 2.05) is 20.8 Å². The first-order chi connectivity index (χ1) is 11.9. The standard InChI is InChI=1S/C17H29N5O3/c1-5-14(17(24)19-15-10-13(4)25-20-15)22-8-6-21(7-9-22)11-16(23)18-12(2)3/h10,12,14H,5-9,11H2,1-4H3,(H,18,23)(H,19,20,24). The van der Waals surface area contributed by atoms with Gasteiger partial charge in [0.15, 0.2) is 5.82 Å². The first-order valence-electron chi connectivity index (χ1n) is 8.89. The fourth-order valence-corrected chi connectivity index (χ4v) is 3.05. The van der Waals surface area contributed by atoms with Crippen molar-refractivity contribution in [3.8, 4) is 0 Å². The largest absolute Gasteiger partial charge is 0.360 e. The number of aryl methyl sites for hydroxylation is 1. The van der Waals surface area contributed by atoms with E-state index in [0.29, 0.717) is 18.1 Å². The van der Waals surface area contributed by atoms with Crippen LogP contribution in [-0.4, -0.2) is 71.6 Å². The van der Waals surface area contributed by atoms with Gasteiger partial charge in [-0.2, -0.15) is 0 Å². The van der Waals surface area contributed by atoms with Crippen LogP contribution >= 0.6 is 0 Å². The molecule has 1 atom stereocenters. The Morgan fingerprint density at radius 1 is 1.28 bits per heavy atom. The van der Waals surface area contributed by atoms with Crippen molar-refractivity contribution in [2.45, 2.75) is 46.2 Å². The van der Waals surface area contributed by atoms with Crippen LogP contribution in [0.4, 0.5) is 5.82 Å². The Kier molecular flexibility index (Phi) is 6.95. The van der Waals surface area contributed by atoms with Crippen LogP contribution in [0.5, 0.6) is 0 Å². The molecule has 2 heterocycles. The molecule has 0 bridgehead atoms. The number of amides is 2. The molecular formula is C17H29N5O3. The molecule has 0 aromatic carbocycles. The molecule has 2 N–H and O–H groups in total. The molecule has 1 aromatic rings. The van der Waals surface area contributed by atoms with Crippen molar-refractivity contribution in [1.29, 1.82) is 0 Å². The first-order valence-corrected chi connectivity index (χ1v) is 8.89. The van der Waals surface area contributed by atoms with Crippen molar-refractivity contribution in [1.82, 2.24) is 20.3 Å². The van der Waals surface area contributed by atoms with Crippen LogP contribution in [0.15, 0.2) is 10.6 Å². The minimum atomic E-state index is -0.205. The van der Waals surface area contributed by atoms with E-state index in [4.69, 9.17) is 4.52 Å². The molecule has 8 nitrogen and oxygen atoms in total. The van der Waals surface area contributed by atoms with E-state index >= 15 is 0 Å². The number of aromatic nitrogens is 1. The van der Waals surface area contributed by atoms with Crippen molar-refractivity contribution in [2.24, 2.45) is 0 Å².